The normalized spacial score (nSPS) is 26.5. The lowest BCUT2D eigenvalue weighted by Crippen LogP contribution is -2.35. The highest BCUT2D eigenvalue weighted by molar-refractivity contribution is 6.30. The van der Waals surface area contributed by atoms with Crippen molar-refractivity contribution in [2.24, 2.45) is 11.8 Å². The first kappa shape index (κ1) is 14.8. The van der Waals surface area contributed by atoms with Gasteiger partial charge in [0.25, 0.3) is 5.91 Å². The zero-order valence-corrected chi connectivity index (χ0v) is 13.4. The molecule has 1 saturated carbocycles. The van der Waals surface area contributed by atoms with Gasteiger partial charge in [-0.05, 0) is 30.4 Å². The van der Waals surface area contributed by atoms with Crippen LogP contribution in [0.5, 0.6) is 0 Å². The maximum atomic E-state index is 12.7. The summed E-state index contributed by atoms with van der Waals surface area (Å²) < 4.78 is 0. The maximum absolute atomic E-state index is 12.7. The van der Waals surface area contributed by atoms with Crippen LogP contribution in [0, 0.1) is 11.8 Å². The zero-order chi connectivity index (χ0) is 16.1. The molecule has 1 aromatic heterocycles. The summed E-state index contributed by atoms with van der Waals surface area (Å²) in [6.07, 6.45) is 2.90. The smallest absolute Gasteiger partial charge is 0.407 e. The number of halogens is 1. The number of carbonyl (C=O) groups is 2. The second kappa shape index (κ2) is 5.37. The van der Waals surface area contributed by atoms with E-state index in [1.54, 1.807) is 6.20 Å². The summed E-state index contributed by atoms with van der Waals surface area (Å²) in [7, 11) is 0. The van der Waals surface area contributed by atoms with E-state index < -0.39 is 6.09 Å². The fourth-order valence-electron chi connectivity index (χ4n) is 3.76. The molecule has 3 heterocycles. The Labute approximate surface area is 139 Å². The first-order valence-electron chi connectivity index (χ1n) is 7.95. The van der Waals surface area contributed by atoms with Crippen LogP contribution in [0.3, 0.4) is 0 Å². The molecule has 2 amide bonds. The Kier molecular flexibility index (Phi) is 3.44. The van der Waals surface area contributed by atoms with Gasteiger partial charge in [0.05, 0.1) is 5.56 Å². The van der Waals surface area contributed by atoms with Gasteiger partial charge in [0.2, 0.25) is 0 Å². The summed E-state index contributed by atoms with van der Waals surface area (Å²) in [6, 6.07) is 1.88. The number of hydrogen-bond donors (Lipinski definition) is 1. The van der Waals surface area contributed by atoms with Crippen LogP contribution in [0.25, 0.3) is 0 Å². The number of nitrogens with zero attached hydrogens (tertiary/aromatic N) is 3. The van der Waals surface area contributed by atoms with Gasteiger partial charge in [0.15, 0.2) is 0 Å². The minimum absolute atomic E-state index is 0.0210. The second-order valence-electron chi connectivity index (χ2n) is 6.80. The maximum Gasteiger partial charge on any atom is 0.407 e. The number of likely N-dealkylation sites (tertiary alicyclic amines) is 2. The van der Waals surface area contributed by atoms with Gasteiger partial charge < -0.3 is 14.9 Å². The molecule has 2 aliphatic heterocycles. The molecule has 3 aliphatic rings. The van der Waals surface area contributed by atoms with Crippen molar-refractivity contribution < 1.29 is 14.7 Å². The SMILES string of the molecule is O=C(O)N1CC2CN(C(=O)c3cnc(Cl)c(C4CC4)c3)CC2C1. The largest absolute Gasteiger partial charge is 0.465 e. The number of amides is 2. The van der Waals surface area contributed by atoms with Crippen LogP contribution in [0.2, 0.25) is 5.15 Å². The molecule has 2 saturated heterocycles. The molecule has 0 spiro atoms. The van der Waals surface area contributed by atoms with E-state index in [9.17, 15) is 9.59 Å². The predicted octanol–water partition coefficient (Wildman–Crippen LogP) is 2.29. The Bertz CT molecular complexity index is 663. The summed E-state index contributed by atoms with van der Waals surface area (Å²) in [5.74, 6) is 0.925. The third-order valence-corrected chi connectivity index (χ3v) is 5.49. The van der Waals surface area contributed by atoms with E-state index in [2.05, 4.69) is 4.98 Å². The van der Waals surface area contributed by atoms with Crippen molar-refractivity contribution >= 4 is 23.6 Å². The van der Waals surface area contributed by atoms with Crippen LogP contribution in [-0.2, 0) is 0 Å². The minimum atomic E-state index is -0.867. The quantitative estimate of drug-likeness (QED) is 0.842. The van der Waals surface area contributed by atoms with Crippen molar-refractivity contribution in [3.63, 3.8) is 0 Å². The molecule has 4 rings (SSSR count). The molecule has 122 valence electrons. The highest BCUT2D eigenvalue weighted by atomic mass is 35.5. The number of carboxylic acid groups (broad SMARTS) is 1. The molecule has 23 heavy (non-hydrogen) atoms. The van der Waals surface area contributed by atoms with Gasteiger partial charge in [-0.1, -0.05) is 11.6 Å². The summed E-state index contributed by atoms with van der Waals surface area (Å²) in [5.41, 5.74) is 1.57. The number of pyridine rings is 1. The molecule has 0 bridgehead atoms. The van der Waals surface area contributed by atoms with Crippen molar-refractivity contribution in [2.75, 3.05) is 26.2 Å². The summed E-state index contributed by atoms with van der Waals surface area (Å²) in [5, 5.41) is 9.56. The van der Waals surface area contributed by atoms with Gasteiger partial charge in [-0.3, -0.25) is 4.79 Å². The molecule has 1 N–H and O–H groups in total. The highest BCUT2D eigenvalue weighted by Crippen LogP contribution is 2.43. The van der Waals surface area contributed by atoms with Crippen molar-refractivity contribution in [3.05, 3.63) is 28.5 Å². The lowest BCUT2D eigenvalue weighted by atomic mass is 10.0. The molecule has 1 aromatic rings. The average Bonchev–Trinajstić information content (AvgIpc) is 3.15. The number of rotatable bonds is 2. The standard InChI is InChI=1S/C16H18ClN3O3/c17-14-13(9-1-2-9)3-10(4-18-14)15(21)19-5-11-7-20(16(22)23)8-12(11)6-19/h3-4,9,11-12H,1-2,5-8H2,(H,22,23). The van der Waals surface area contributed by atoms with Crippen molar-refractivity contribution in [3.8, 4) is 0 Å². The van der Waals surface area contributed by atoms with Gasteiger partial charge in [-0.25, -0.2) is 9.78 Å². The molecule has 2 atom stereocenters. The minimum Gasteiger partial charge on any atom is -0.465 e. The van der Waals surface area contributed by atoms with Crippen molar-refractivity contribution in [1.29, 1.82) is 0 Å². The van der Waals surface area contributed by atoms with E-state index in [0.29, 0.717) is 42.8 Å². The van der Waals surface area contributed by atoms with Crippen molar-refractivity contribution in [2.45, 2.75) is 18.8 Å². The van der Waals surface area contributed by atoms with Crippen molar-refractivity contribution in [1.82, 2.24) is 14.8 Å². The van der Waals surface area contributed by atoms with Gasteiger partial charge in [0.1, 0.15) is 5.15 Å². The number of aromatic nitrogens is 1. The molecule has 7 heteroatoms. The first-order valence-corrected chi connectivity index (χ1v) is 8.33. The molecule has 6 nitrogen and oxygen atoms in total. The molecule has 3 fully saturated rings. The molecular formula is C16H18ClN3O3. The van der Waals surface area contributed by atoms with E-state index in [1.807, 2.05) is 11.0 Å². The Morgan fingerprint density at radius 2 is 1.74 bits per heavy atom. The second-order valence-corrected chi connectivity index (χ2v) is 7.15. The van der Waals surface area contributed by atoms with Crippen LogP contribution in [0.15, 0.2) is 12.3 Å². The van der Waals surface area contributed by atoms with Gasteiger partial charge >= 0.3 is 6.09 Å². The van der Waals surface area contributed by atoms with Gasteiger partial charge in [0, 0.05) is 44.2 Å². The zero-order valence-electron chi connectivity index (χ0n) is 12.6. The Hall–Kier alpha value is -1.82. The number of fused-ring (bicyclic) bond motifs is 1. The van der Waals surface area contributed by atoms with Crippen LogP contribution < -0.4 is 0 Å². The average molecular weight is 336 g/mol. The van der Waals surface area contributed by atoms with E-state index in [-0.39, 0.29) is 17.7 Å². The van der Waals surface area contributed by atoms with Crippen LogP contribution in [-0.4, -0.2) is 58.1 Å². The number of hydrogen-bond acceptors (Lipinski definition) is 3. The van der Waals surface area contributed by atoms with E-state index in [0.717, 1.165) is 18.4 Å². The predicted molar refractivity (Wildman–Crippen MR) is 83.7 cm³/mol. The first-order chi connectivity index (χ1) is 11.0. The Balaban J connectivity index is 1.47. The fourth-order valence-corrected chi connectivity index (χ4v) is 4.02. The summed E-state index contributed by atoms with van der Waals surface area (Å²) >= 11 is 6.12. The topological polar surface area (TPSA) is 73.7 Å². The molecule has 2 unspecified atom stereocenters. The third kappa shape index (κ3) is 2.65. The molecular weight excluding hydrogens is 318 g/mol. The van der Waals surface area contributed by atoms with Gasteiger partial charge in [-0.15, -0.1) is 0 Å². The molecule has 1 aliphatic carbocycles. The van der Waals surface area contributed by atoms with Gasteiger partial charge in [-0.2, -0.15) is 0 Å². The van der Waals surface area contributed by atoms with Crippen LogP contribution >= 0.6 is 11.6 Å². The summed E-state index contributed by atoms with van der Waals surface area (Å²) in [4.78, 5) is 31.2. The number of carbonyl (C=O) groups excluding carboxylic acids is 1. The van der Waals surface area contributed by atoms with E-state index >= 15 is 0 Å². The Morgan fingerprint density at radius 3 is 2.30 bits per heavy atom. The van der Waals surface area contributed by atoms with E-state index in [1.165, 1.54) is 4.90 Å². The Morgan fingerprint density at radius 1 is 1.13 bits per heavy atom. The highest BCUT2D eigenvalue weighted by Gasteiger charge is 2.43. The molecule has 0 aromatic carbocycles. The van der Waals surface area contributed by atoms with E-state index in [4.69, 9.17) is 16.7 Å². The van der Waals surface area contributed by atoms with Crippen LogP contribution in [0.4, 0.5) is 4.79 Å². The fraction of sp³-hybridized carbons (Fsp3) is 0.562. The molecule has 0 radical (unpaired) electrons. The third-order valence-electron chi connectivity index (χ3n) is 5.17. The lowest BCUT2D eigenvalue weighted by Gasteiger charge is -2.20. The summed E-state index contributed by atoms with van der Waals surface area (Å²) in [6.45, 7) is 2.29. The lowest BCUT2D eigenvalue weighted by molar-refractivity contribution is 0.0774. The van der Waals surface area contributed by atoms with Crippen LogP contribution in [0.1, 0.15) is 34.7 Å². The monoisotopic (exact) mass is 335 g/mol.